The molecule has 2 unspecified atom stereocenters. The summed E-state index contributed by atoms with van der Waals surface area (Å²) < 4.78 is 11.2. The van der Waals surface area contributed by atoms with Crippen LogP contribution in [0.5, 0.6) is 0 Å². The van der Waals surface area contributed by atoms with E-state index in [-0.39, 0.29) is 12.1 Å². The van der Waals surface area contributed by atoms with Crippen LogP contribution in [-0.4, -0.2) is 33.0 Å². The number of hydrogen-bond donors (Lipinski definition) is 1. The number of benzene rings is 1. The van der Waals surface area contributed by atoms with E-state index in [1.165, 1.54) is 11.1 Å². The summed E-state index contributed by atoms with van der Waals surface area (Å²) in [5.41, 5.74) is 2.64. The maximum absolute atomic E-state index is 5.77. The van der Waals surface area contributed by atoms with Crippen molar-refractivity contribution in [2.45, 2.75) is 25.5 Å². The third-order valence-electron chi connectivity index (χ3n) is 3.24. The van der Waals surface area contributed by atoms with Crippen molar-refractivity contribution < 1.29 is 9.47 Å². The molecule has 3 heteroatoms. The summed E-state index contributed by atoms with van der Waals surface area (Å²) in [5, 5.41) is 3.33. The van der Waals surface area contributed by atoms with Gasteiger partial charge in [0.1, 0.15) is 6.10 Å². The van der Waals surface area contributed by atoms with Gasteiger partial charge in [0.25, 0.3) is 0 Å². The van der Waals surface area contributed by atoms with Crippen molar-refractivity contribution in [3.63, 3.8) is 0 Å². The second-order valence-electron chi connectivity index (χ2n) is 4.35. The van der Waals surface area contributed by atoms with E-state index in [1.807, 2.05) is 7.05 Å². The van der Waals surface area contributed by atoms with Gasteiger partial charge in [0.15, 0.2) is 0 Å². The minimum Gasteiger partial charge on any atom is -0.376 e. The SMILES string of the molecule is CCc1cccc(C(NC)C2COCCO2)c1. The van der Waals surface area contributed by atoms with Gasteiger partial charge < -0.3 is 14.8 Å². The molecule has 2 atom stereocenters. The van der Waals surface area contributed by atoms with Gasteiger partial charge in [-0.05, 0) is 24.6 Å². The molecule has 3 nitrogen and oxygen atoms in total. The summed E-state index contributed by atoms with van der Waals surface area (Å²) in [6, 6.07) is 8.88. The standard InChI is InChI=1S/C14H21NO2/c1-3-11-5-4-6-12(9-11)14(15-2)13-10-16-7-8-17-13/h4-6,9,13-15H,3,7-8,10H2,1-2H3. The molecule has 1 fully saturated rings. The van der Waals surface area contributed by atoms with Crippen molar-refractivity contribution in [1.29, 1.82) is 0 Å². The Labute approximate surface area is 103 Å². The Morgan fingerprint density at radius 1 is 1.41 bits per heavy atom. The molecule has 0 amide bonds. The fourth-order valence-corrected chi connectivity index (χ4v) is 2.27. The second-order valence-corrected chi connectivity index (χ2v) is 4.35. The van der Waals surface area contributed by atoms with Crippen molar-refractivity contribution >= 4 is 0 Å². The summed E-state index contributed by atoms with van der Waals surface area (Å²) >= 11 is 0. The van der Waals surface area contributed by atoms with E-state index >= 15 is 0 Å². The Morgan fingerprint density at radius 3 is 2.94 bits per heavy atom. The lowest BCUT2D eigenvalue weighted by molar-refractivity contribution is -0.101. The Kier molecular flexibility index (Phi) is 4.54. The molecular formula is C14H21NO2. The van der Waals surface area contributed by atoms with Gasteiger partial charge in [-0.25, -0.2) is 0 Å². The third kappa shape index (κ3) is 3.06. The smallest absolute Gasteiger partial charge is 0.100 e. The van der Waals surface area contributed by atoms with E-state index in [0.717, 1.165) is 6.42 Å². The lowest BCUT2D eigenvalue weighted by Gasteiger charge is -2.30. The average Bonchev–Trinajstić information content (AvgIpc) is 2.41. The molecule has 1 aliphatic heterocycles. The molecule has 1 aromatic carbocycles. The predicted molar refractivity (Wildman–Crippen MR) is 68.2 cm³/mol. The molecule has 2 rings (SSSR count). The Balaban J connectivity index is 2.15. The summed E-state index contributed by atoms with van der Waals surface area (Å²) in [6.07, 6.45) is 1.17. The molecule has 0 aliphatic carbocycles. The van der Waals surface area contributed by atoms with Crippen molar-refractivity contribution in [3.05, 3.63) is 35.4 Å². The van der Waals surface area contributed by atoms with Crippen LogP contribution < -0.4 is 5.32 Å². The molecule has 0 saturated carbocycles. The summed E-state index contributed by atoms with van der Waals surface area (Å²) in [5.74, 6) is 0. The van der Waals surface area contributed by atoms with Crippen molar-refractivity contribution in [2.75, 3.05) is 26.9 Å². The van der Waals surface area contributed by atoms with Crippen LogP contribution >= 0.6 is 0 Å². The lowest BCUT2D eigenvalue weighted by Crippen LogP contribution is -2.39. The van der Waals surface area contributed by atoms with E-state index in [0.29, 0.717) is 19.8 Å². The lowest BCUT2D eigenvalue weighted by atomic mass is 9.98. The summed E-state index contributed by atoms with van der Waals surface area (Å²) in [4.78, 5) is 0. The molecule has 0 radical (unpaired) electrons. The molecule has 0 spiro atoms. The molecular weight excluding hydrogens is 214 g/mol. The van der Waals surface area contributed by atoms with Gasteiger partial charge in [-0.1, -0.05) is 31.2 Å². The molecule has 1 saturated heterocycles. The zero-order chi connectivity index (χ0) is 12.1. The van der Waals surface area contributed by atoms with Crippen LogP contribution in [0, 0.1) is 0 Å². The van der Waals surface area contributed by atoms with Gasteiger partial charge in [-0.2, -0.15) is 0 Å². The first-order chi connectivity index (χ1) is 8.35. The summed E-state index contributed by atoms with van der Waals surface area (Å²) in [7, 11) is 1.97. The fourth-order valence-electron chi connectivity index (χ4n) is 2.27. The molecule has 0 aromatic heterocycles. The van der Waals surface area contributed by atoms with Crippen LogP contribution in [-0.2, 0) is 15.9 Å². The largest absolute Gasteiger partial charge is 0.376 e. The third-order valence-corrected chi connectivity index (χ3v) is 3.24. The molecule has 1 aromatic rings. The zero-order valence-corrected chi connectivity index (χ0v) is 10.6. The topological polar surface area (TPSA) is 30.5 Å². The second kappa shape index (κ2) is 6.15. The maximum Gasteiger partial charge on any atom is 0.100 e. The number of nitrogens with one attached hydrogen (secondary N) is 1. The highest BCUT2D eigenvalue weighted by Gasteiger charge is 2.25. The Hall–Kier alpha value is -0.900. The van der Waals surface area contributed by atoms with Crippen molar-refractivity contribution in [1.82, 2.24) is 5.32 Å². The van der Waals surface area contributed by atoms with E-state index in [4.69, 9.17) is 9.47 Å². The molecule has 94 valence electrons. The first kappa shape index (κ1) is 12.6. The van der Waals surface area contributed by atoms with Crippen LogP contribution in [0.3, 0.4) is 0 Å². The van der Waals surface area contributed by atoms with E-state index < -0.39 is 0 Å². The van der Waals surface area contributed by atoms with Crippen LogP contribution in [0.15, 0.2) is 24.3 Å². The molecule has 1 aliphatic rings. The maximum atomic E-state index is 5.77. The number of hydrogen-bond acceptors (Lipinski definition) is 3. The highest BCUT2D eigenvalue weighted by atomic mass is 16.6. The van der Waals surface area contributed by atoms with Gasteiger partial charge in [0, 0.05) is 0 Å². The van der Waals surface area contributed by atoms with Gasteiger partial charge in [0.2, 0.25) is 0 Å². The fraction of sp³-hybridized carbons (Fsp3) is 0.571. The monoisotopic (exact) mass is 235 g/mol. The van der Waals surface area contributed by atoms with E-state index in [9.17, 15) is 0 Å². The Bertz CT molecular complexity index is 348. The number of rotatable bonds is 4. The molecule has 1 N–H and O–H groups in total. The molecule has 0 bridgehead atoms. The first-order valence-corrected chi connectivity index (χ1v) is 6.30. The van der Waals surface area contributed by atoms with Crippen molar-refractivity contribution in [3.8, 4) is 0 Å². The summed E-state index contributed by atoms with van der Waals surface area (Å²) in [6.45, 7) is 4.24. The van der Waals surface area contributed by atoms with Gasteiger partial charge in [-0.15, -0.1) is 0 Å². The van der Waals surface area contributed by atoms with E-state index in [1.54, 1.807) is 0 Å². The van der Waals surface area contributed by atoms with Gasteiger partial charge in [0.05, 0.1) is 25.9 Å². The number of aryl methyl sites for hydroxylation is 1. The Morgan fingerprint density at radius 2 is 2.29 bits per heavy atom. The average molecular weight is 235 g/mol. The van der Waals surface area contributed by atoms with Crippen LogP contribution in [0.4, 0.5) is 0 Å². The zero-order valence-electron chi connectivity index (χ0n) is 10.6. The van der Waals surface area contributed by atoms with Crippen LogP contribution in [0.2, 0.25) is 0 Å². The van der Waals surface area contributed by atoms with E-state index in [2.05, 4.69) is 36.5 Å². The van der Waals surface area contributed by atoms with Crippen molar-refractivity contribution in [2.24, 2.45) is 0 Å². The highest BCUT2D eigenvalue weighted by Crippen LogP contribution is 2.22. The van der Waals surface area contributed by atoms with Crippen LogP contribution in [0.25, 0.3) is 0 Å². The number of ether oxygens (including phenoxy) is 2. The quantitative estimate of drug-likeness (QED) is 0.865. The molecule has 1 heterocycles. The molecule has 17 heavy (non-hydrogen) atoms. The van der Waals surface area contributed by atoms with Gasteiger partial charge >= 0.3 is 0 Å². The minimum atomic E-state index is 0.112. The number of likely N-dealkylation sites (N-methyl/N-ethyl adjacent to an activating group) is 1. The van der Waals surface area contributed by atoms with Crippen LogP contribution in [0.1, 0.15) is 24.1 Å². The highest BCUT2D eigenvalue weighted by molar-refractivity contribution is 5.27. The first-order valence-electron chi connectivity index (χ1n) is 6.30. The normalized spacial score (nSPS) is 22.4. The minimum absolute atomic E-state index is 0.112. The van der Waals surface area contributed by atoms with Gasteiger partial charge in [-0.3, -0.25) is 0 Å². The predicted octanol–water partition coefficient (Wildman–Crippen LogP) is 1.92.